The Balaban J connectivity index is 2.29. The van der Waals surface area contributed by atoms with Crippen LogP contribution >= 0.6 is 11.6 Å². The van der Waals surface area contributed by atoms with Gasteiger partial charge in [0, 0.05) is 17.6 Å². The molecule has 0 radical (unpaired) electrons. The summed E-state index contributed by atoms with van der Waals surface area (Å²) in [5.74, 6) is 0.836. The van der Waals surface area contributed by atoms with Crippen LogP contribution in [0.25, 0.3) is 22.4 Å². The molecule has 4 heteroatoms. The van der Waals surface area contributed by atoms with Crippen LogP contribution in [0.5, 0.6) is 0 Å². The first kappa shape index (κ1) is 12.7. The van der Waals surface area contributed by atoms with Crippen LogP contribution in [0.3, 0.4) is 0 Å². The molecule has 0 fully saturated rings. The summed E-state index contributed by atoms with van der Waals surface area (Å²) in [5.41, 5.74) is 4.29. The summed E-state index contributed by atoms with van der Waals surface area (Å²) in [6, 6.07) is 13.6. The quantitative estimate of drug-likeness (QED) is 0.674. The highest BCUT2D eigenvalue weighted by Gasteiger charge is 2.13. The SMILES string of the molecule is Cc1cc(-c2nc3c(C#N)cccc3n2C)ccc1Cl. The molecule has 0 saturated heterocycles. The smallest absolute Gasteiger partial charge is 0.140 e. The lowest BCUT2D eigenvalue weighted by molar-refractivity contribution is 0.959. The average Bonchev–Trinajstić information content (AvgIpc) is 2.79. The zero-order chi connectivity index (χ0) is 14.3. The van der Waals surface area contributed by atoms with Gasteiger partial charge < -0.3 is 4.57 Å². The number of nitrogens with zero attached hydrogens (tertiary/aromatic N) is 3. The molecule has 0 bridgehead atoms. The number of aromatic nitrogens is 2. The zero-order valence-electron chi connectivity index (χ0n) is 11.2. The highest BCUT2D eigenvalue weighted by Crippen LogP contribution is 2.28. The van der Waals surface area contributed by atoms with Gasteiger partial charge in [0.15, 0.2) is 0 Å². The Morgan fingerprint density at radius 1 is 1.25 bits per heavy atom. The van der Waals surface area contributed by atoms with Crippen molar-refractivity contribution in [2.45, 2.75) is 6.92 Å². The molecule has 0 atom stereocenters. The van der Waals surface area contributed by atoms with Gasteiger partial charge in [0.05, 0.1) is 11.1 Å². The van der Waals surface area contributed by atoms with Gasteiger partial charge in [-0.05, 0) is 42.8 Å². The third-order valence-electron chi connectivity index (χ3n) is 3.45. The number of nitriles is 1. The summed E-state index contributed by atoms with van der Waals surface area (Å²) in [6.07, 6.45) is 0. The van der Waals surface area contributed by atoms with Crippen molar-refractivity contribution in [1.29, 1.82) is 5.26 Å². The zero-order valence-corrected chi connectivity index (χ0v) is 11.9. The molecule has 0 aliphatic carbocycles. The first-order chi connectivity index (χ1) is 9.61. The second kappa shape index (κ2) is 4.66. The van der Waals surface area contributed by atoms with E-state index in [1.807, 2.05) is 48.9 Å². The number of fused-ring (bicyclic) bond motifs is 1. The molecule has 0 unspecified atom stereocenters. The van der Waals surface area contributed by atoms with Crippen LogP contribution in [0.2, 0.25) is 5.02 Å². The molecule has 1 aromatic heterocycles. The molecule has 0 spiro atoms. The molecule has 3 rings (SSSR count). The van der Waals surface area contributed by atoms with E-state index < -0.39 is 0 Å². The summed E-state index contributed by atoms with van der Waals surface area (Å²) in [6.45, 7) is 1.97. The summed E-state index contributed by atoms with van der Waals surface area (Å²) in [7, 11) is 1.95. The fourth-order valence-electron chi connectivity index (χ4n) is 2.35. The molecule has 0 amide bonds. The predicted octanol–water partition coefficient (Wildman–Crippen LogP) is 4.07. The van der Waals surface area contributed by atoms with Crippen LogP contribution in [-0.2, 0) is 7.05 Å². The van der Waals surface area contributed by atoms with Crippen LogP contribution in [0.1, 0.15) is 11.1 Å². The lowest BCUT2D eigenvalue weighted by Crippen LogP contribution is -1.92. The van der Waals surface area contributed by atoms with E-state index in [-0.39, 0.29) is 0 Å². The van der Waals surface area contributed by atoms with Crippen molar-refractivity contribution in [2.75, 3.05) is 0 Å². The minimum absolute atomic E-state index is 0.593. The van der Waals surface area contributed by atoms with Crippen molar-refractivity contribution in [3.8, 4) is 17.5 Å². The molecule has 2 aromatic carbocycles. The Morgan fingerprint density at radius 2 is 2.05 bits per heavy atom. The van der Waals surface area contributed by atoms with Gasteiger partial charge in [-0.15, -0.1) is 0 Å². The minimum Gasteiger partial charge on any atom is -0.327 e. The number of para-hydroxylation sites is 1. The number of aryl methyl sites for hydroxylation is 2. The number of rotatable bonds is 1. The van der Waals surface area contributed by atoms with Gasteiger partial charge in [0.25, 0.3) is 0 Å². The van der Waals surface area contributed by atoms with E-state index in [0.717, 1.165) is 33.0 Å². The Labute approximate surface area is 122 Å². The van der Waals surface area contributed by atoms with E-state index in [1.54, 1.807) is 6.07 Å². The van der Waals surface area contributed by atoms with Crippen LogP contribution in [-0.4, -0.2) is 9.55 Å². The molecule has 0 aliphatic rings. The number of halogens is 1. The summed E-state index contributed by atoms with van der Waals surface area (Å²) >= 11 is 6.06. The van der Waals surface area contributed by atoms with Crippen molar-refractivity contribution in [3.63, 3.8) is 0 Å². The Kier molecular flexibility index (Phi) is 2.96. The molecular formula is C16H12ClN3. The van der Waals surface area contributed by atoms with Crippen LogP contribution in [0.4, 0.5) is 0 Å². The van der Waals surface area contributed by atoms with Crippen LogP contribution in [0.15, 0.2) is 36.4 Å². The normalized spacial score (nSPS) is 10.7. The van der Waals surface area contributed by atoms with Gasteiger partial charge in [0.1, 0.15) is 17.4 Å². The van der Waals surface area contributed by atoms with E-state index in [2.05, 4.69) is 11.1 Å². The van der Waals surface area contributed by atoms with Crippen molar-refractivity contribution in [3.05, 3.63) is 52.5 Å². The van der Waals surface area contributed by atoms with Gasteiger partial charge >= 0.3 is 0 Å². The third kappa shape index (κ3) is 1.86. The number of benzene rings is 2. The largest absolute Gasteiger partial charge is 0.327 e. The van der Waals surface area contributed by atoms with Crippen LogP contribution < -0.4 is 0 Å². The molecule has 3 aromatic rings. The van der Waals surface area contributed by atoms with E-state index in [0.29, 0.717) is 5.56 Å². The second-order valence-electron chi connectivity index (χ2n) is 4.74. The van der Waals surface area contributed by atoms with Crippen molar-refractivity contribution < 1.29 is 0 Å². The Bertz CT molecular complexity index is 856. The monoisotopic (exact) mass is 281 g/mol. The summed E-state index contributed by atoms with van der Waals surface area (Å²) in [4.78, 5) is 4.62. The Morgan fingerprint density at radius 3 is 2.75 bits per heavy atom. The molecule has 1 heterocycles. The standard InChI is InChI=1S/C16H12ClN3/c1-10-8-11(6-7-13(10)17)16-19-15-12(9-18)4-3-5-14(15)20(16)2/h3-8H,1-2H3. The van der Waals surface area contributed by atoms with Gasteiger partial charge in [-0.2, -0.15) is 5.26 Å². The second-order valence-corrected chi connectivity index (χ2v) is 5.15. The van der Waals surface area contributed by atoms with Crippen molar-refractivity contribution in [2.24, 2.45) is 7.05 Å². The summed E-state index contributed by atoms with van der Waals surface area (Å²) < 4.78 is 2.00. The molecule has 0 saturated carbocycles. The van der Waals surface area contributed by atoms with Gasteiger partial charge in [-0.25, -0.2) is 4.98 Å². The number of hydrogen-bond acceptors (Lipinski definition) is 2. The molecule has 20 heavy (non-hydrogen) atoms. The highest BCUT2D eigenvalue weighted by atomic mass is 35.5. The molecule has 3 nitrogen and oxygen atoms in total. The van der Waals surface area contributed by atoms with Gasteiger partial charge in [-0.1, -0.05) is 17.7 Å². The first-order valence-corrected chi connectivity index (χ1v) is 6.61. The lowest BCUT2D eigenvalue weighted by Gasteiger charge is -2.04. The van der Waals surface area contributed by atoms with Crippen molar-refractivity contribution in [1.82, 2.24) is 9.55 Å². The minimum atomic E-state index is 0.593. The summed E-state index contributed by atoms with van der Waals surface area (Å²) in [5, 5.41) is 9.91. The molecule has 98 valence electrons. The highest BCUT2D eigenvalue weighted by molar-refractivity contribution is 6.31. The number of imidazole rings is 1. The fourth-order valence-corrected chi connectivity index (χ4v) is 2.46. The maximum atomic E-state index is 9.17. The fraction of sp³-hybridized carbons (Fsp3) is 0.125. The topological polar surface area (TPSA) is 41.6 Å². The van der Waals surface area contributed by atoms with Crippen LogP contribution in [0, 0.1) is 18.3 Å². The van der Waals surface area contributed by atoms with Crippen molar-refractivity contribution >= 4 is 22.6 Å². The lowest BCUT2D eigenvalue weighted by atomic mass is 10.1. The predicted molar refractivity (Wildman–Crippen MR) is 80.6 cm³/mol. The van der Waals surface area contributed by atoms with E-state index in [4.69, 9.17) is 11.6 Å². The molecule has 0 N–H and O–H groups in total. The average molecular weight is 282 g/mol. The number of hydrogen-bond donors (Lipinski definition) is 0. The third-order valence-corrected chi connectivity index (χ3v) is 3.87. The molecule has 0 aliphatic heterocycles. The Hall–Kier alpha value is -2.31. The molecular weight excluding hydrogens is 270 g/mol. The van der Waals surface area contributed by atoms with E-state index in [1.165, 1.54) is 0 Å². The van der Waals surface area contributed by atoms with E-state index in [9.17, 15) is 5.26 Å². The van der Waals surface area contributed by atoms with Gasteiger partial charge in [0.2, 0.25) is 0 Å². The van der Waals surface area contributed by atoms with Gasteiger partial charge in [-0.3, -0.25) is 0 Å². The maximum absolute atomic E-state index is 9.17. The maximum Gasteiger partial charge on any atom is 0.140 e. The van der Waals surface area contributed by atoms with E-state index >= 15 is 0 Å². The first-order valence-electron chi connectivity index (χ1n) is 6.24.